The Balaban J connectivity index is 1.64. The van der Waals surface area contributed by atoms with Crippen LogP contribution in [0.4, 0.5) is 9.18 Å². The molecule has 6 nitrogen and oxygen atoms in total. The highest BCUT2D eigenvalue weighted by molar-refractivity contribution is 5.75. The number of unbranched alkanes of at least 4 members (excludes halogenated alkanes) is 1. The maximum absolute atomic E-state index is 15.5. The second kappa shape index (κ2) is 12.9. The number of methoxy groups -OCH3 is 1. The molecule has 4 rings (SSSR count). The standard InChI is InChI=1S/C30H42FN3O3/c1-22-9-5-10-23(19-22)28-26(13-6-14-27(28)31)30(36,15-3-4-18-37-2)24-11-8-17-34(21-24)29(35)33-25-12-7-16-32-20-25/h5-6,9-10,13-14,19,24-25,32,36H,3-4,7-8,11-12,15-18,20-21H2,1-2H3,(H,33,35). The lowest BCUT2D eigenvalue weighted by atomic mass is 9.72. The topological polar surface area (TPSA) is 73.8 Å². The van der Waals surface area contributed by atoms with Crippen LogP contribution in [0.5, 0.6) is 0 Å². The molecule has 0 aromatic heterocycles. The molecule has 202 valence electrons. The van der Waals surface area contributed by atoms with Crippen molar-refractivity contribution in [2.45, 2.75) is 63.5 Å². The number of piperidine rings is 2. The van der Waals surface area contributed by atoms with Gasteiger partial charge in [-0.1, -0.05) is 42.0 Å². The number of benzene rings is 2. The molecule has 3 atom stereocenters. The molecule has 0 saturated carbocycles. The monoisotopic (exact) mass is 511 g/mol. The molecule has 2 fully saturated rings. The summed E-state index contributed by atoms with van der Waals surface area (Å²) in [4.78, 5) is 15.0. The lowest BCUT2D eigenvalue weighted by Crippen LogP contribution is -2.54. The van der Waals surface area contributed by atoms with E-state index < -0.39 is 5.60 Å². The average Bonchev–Trinajstić information content (AvgIpc) is 2.91. The number of likely N-dealkylation sites (tertiary alicyclic amines) is 1. The van der Waals surface area contributed by atoms with Crippen LogP contribution in [0.2, 0.25) is 0 Å². The zero-order valence-electron chi connectivity index (χ0n) is 22.3. The summed E-state index contributed by atoms with van der Waals surface area (Å²) >= 11 is 0. The molecular weight excluding hydrogens is 469 g/mol. The lowest BCUT2D eigenvalue weighted by molar-refractivity contribution is -0.0561. The fourth-order valence-electron chi connectivity index (χ4n) is 5.97. The molecule has 37 heavy (non-hydrogen) atoms. The Morgan fingerprint density at radius 3 is 2.81 bits per heavy atom. The quantitative estimate of drug-likeness (QED) is 0.415. The average molecular weight is 512 g/mol. The molecule has 0 aliphatic carbocycles. The van der Waals surface area contributed by atoms with Gasteiger partial charge < -0.3 is 25.4 Å². The Labute approximate surface area is 220 Å². The molecule has 3 unspecified atom stereocenters. The van der Waals surface area contributed by atoms with Crippen molar-refractivity contribution in [3.05, 3.63) is 59.4 Å². The fourth-order valence-corrected chi connectivity index (χ4v) is 5.97. The minimum Gasteiger partial charge on any atom is -0.385 e. The summed E-state index contributed by atoms with van der Waals surface area (Å²) in [6.07, 6.45) is 5.63. The van der Waals surface area contributed by atoms with Crippen molar-refractivity contribution in [1.29, 1.82) is 0 Å². The van der Waals surface area contributed by atoms with Crippen LogP contribution in [0.1, 0.15) is 56.1 Å². The molecule has 7 heteroatoms. The van der Waals surface area contributed by atoms with Gasteiger partial charge in [-0.05, 0) is 75.6 Å². The molecule has 2 aromatic rings. The number of rotatable bonds is 9. The molecular formula is C30H42FN3O3. The summed E-state index contributed by atoms with van der Waals surface area (Å²) in [5.41, 5.74) is 1.58. The number of aryl methyl sites for hydroxylation is 1. The highest BCUT2D eigenvalue weighted by atomic mass is 19.1. The first-order valence-corrected chi connectivity index (χ1v) is 13.8. The highest BCUT2D eigenvalue weighted by Crippen LogP contribution is 2.44. The van der Waals surface area contributed by atoms with Gasteiger partial charge in [-0.2, -0.15) is 0 Å². The van der Waals surface area contributed by atoms with E-state index in [4.69, 9.17) is 4.74 Å². The van der Waals surface area contributed by atoms with E-state index in [-0.39, 0.29) is 23.8 Å². The third kappa shape index (κ3) is 6.70. The number of hydrogen-bond donors (Lipinski definition) is 3. The van der Waals surface area contributed by atoms with Crippen LogP contribution < -0.4 is 10.6 Å². The SMILES string of the molecule is COCCCCC(O)(c1cccc(F)c1-c1cccc(C)c1)C1CCCN(C(=O)NC2CCCNC2)C1. The molecule has 2 aliphatic rings. The predicted octanol–water partition coefficient (Wildman–Crippen LogP) is 4.98. The van der Waals surface area contributed by atoms with Gasteiger partial charge in [-0.15, -0.1) is 0 Å². The number of urea groups is 1. The van der Waals surface area contributed by atoms with E-state index in [0.29, 0.717) is 37.2 Å². The van der Waals surface area contributed by atoms with E-state index in [9.17, 15) is 9.90 Å². The molecule has 2 saturated heterocycles. The summed E-state index contributed by atoms with van der Waals surface area (Å²) in [7, 11) is 1.67. The minimum absolute atomic E-state index is 0.0710. The highest BCUT2D eigenvalue weighted by Gasteiger charge is 2.43. The molecule has 0 radical (unpaired) electrons. The molecule has 2 aromatic carbocycles. The first kappa shape index (κ1) is 27.6. The smallest absolute Gasteiger partial charge is 0.317 e. The number of carbonyl (C=O) groups is 1. The largest absolute Gasteiger partial charge is 0.385 e. The van der Waals surface area contributed by atoms with Crippen LogP contribution in [0.15, 0.2) is 42.5 Å². The maximum Gasteiger partial charge on any atom is 0.317 e. The Hall–Kier alpha value is -2.48. The van der Waals surface area contributed by atoms with Crippen LogP contribution in [0, 0.1) is 18.7 Å². The number of halogens is 1. The number of carbonyl (C=O) groups excluding carboxylic acids is 1. The maximum atomic E-state index is 15.5. The van der Waals surface area contributed by atoms with Crippen LogP contribution in [0.3, 0.4) is 0 Å². The summed E-state index contributed by atoms with van der Waals surface area (Å²) in [5, 5.41) is 19.0. The van der Waals surface area contributed by atoms with Gasteiger partial charge in [-0.25, -0.2) is 9.18 Å². The van der Waals surface area contributed by atoms with Gasteiger partial charge in [0.2, 0.25) is 0 Å². The first-order valence-electron chi connectivity index (χ1n) is 13.8. The summed E-state index contributed by atoms with van der Waals surface area (Å²) in [6, 6.07) is 12.9. The minimum atomic E-state index is -1.28. The molecule has 0 bridgehead atoms. The van der Waals surface area contributed by atoms with Gasteiger partial charge in [-0.3, -0.25) is 0 Å². The number of aliphatic hydroxyl groups is 1. The van der Waals surface area contributed by atoms with Crippen molar-refractivity contribution in [2.75, 3.05) is 39.9 Å². The van der Waals surface area contributed by atoms with Crippen LogP contribution >= 0.6 is 0 Å². The Bertz CT molecular complexity index is 1040. The molecule has 2 heterocycles. The van der Waals surface area contributed by atoms with Gasteiger partial charge in [0.05, 0.1) is 5.60 Å². The Kier molecular flexibility index (Phi) is 9.57. The third-order valence-corrected chi connectivity index (χ3v) is 7.95. The van der Waals surface area contributed by atoms with E-state index >= 15 is 4.39 Å². The number of amides is 2. The predicted molar refractivity (Wildman–Crippen MR) is 145 cm³/mol. The first-order chi connectivity index (χ1) is 17.9. The third-order valence-electron chi connectivity index (χ3n) is 7.95. The Morgan fingerprint density at radius 2 is 2.05 bits per heavy atom. The van der Waals surface area contributed by atoms with Crippen molar-refractivity contribution in [3.8, 4) is 11.1 Å². The van der Waals surface area contributed by atoms with E-state index in [1.807, 2.05) is 42.2 Å². The van der Waals surface area contributed by atoms with Gasteiger partial charge in [0, 0.05) is 50.9 Å². The number of ether oxygens (including phenoxy) is 1. The van der Waals surface area contributed by atoms with Crippen molar-refractivity contribution in [2.24, 2.45) is 5.92 Å². The zero-order chi connectivity index (χ0) is 26.3. The molecule has 3 N–H and O–H groups in total. The second-order valence-electron chi connectivity index (χ2n) is 10.7. The fraction of sp³-hybridized carbons (Fsp3) is 0.567. The molecule has 0 spiro atoms. The van der Waals surface area contributed by atoms with E-state index in [2.05, 4.69) is 10.6 Å². The van der Waals surface area contributed by atoms with Gasteiger partial charge in [0.1, 0.15) is 5.82 Å². The van der Waals surface area contributed by atoms with E-state index in [0.717, 1.165) is 62.7 Å². The van der Waals surface area contributed by atoms with Gasteiger partial charge in [0.25, 0.3) is 0 Å². The number of nitrogens with zero attached hydrogens (tertiary/aromatic N) is 1. The van der Waals surface area contributed by atoms with Crippen molar-refractivity contribution in [1.82, 2.24) is 15.5 Å². The second-order valence-corrected chi connectivity index (χ2v) is 10.7. The van der Waals surface area contributed by atoms with Crippen LogP contribution in [0.25, 0.3) is 11.1 Å². The zero-order valence-corrected chi connectivity index (χ0v) is 22.3. The lowest BCUT2D eigenvalue weighted by Gasteiger charge is -2.44. The molecule has 2 amide bonds. The van der Waals surface area contributed by atoms with Crippen molar-refractivity contribution >= 4 is 6.03 Å². The van der Waals surface area contributed by atoms with Crippen LogP contribution in [-0.4, -0.2) is 62.0 Å². The van der Waals surface area contributed by atoms with E-state index in [1.54, 1.807) is 13.2 Å². The normalized spacial score (nSPS) is 21.9. The number of nitrogens with one attached hydrogen (secondary N) is 2. The van der Waals surface area contributed by atoms with Crippen molar-refractivity contribution < 1.29 is 19.0 Å². The van der Waals surface area contributed by atoms with Crippen molar-refractivity contribution in [3.63, 3.8) is 0 Å². The Morgan fingerprint density at radius 1 is 1.22 bits per heavy atom. The van der Waals surface area contributed by atoms with Crippen LogP contribution in [-0.2, 0) is 10.3 Å². The summed E-state index contributed by atoms with van der Waals surface area (Å²) in [6.45, 7) is 5.48. The summed E-state index contributed by atoms with van der Waals surface area (Å²) < 4.78 is 20.7. The summed E-state index contributed by atoms with van der Waals surface area (Å²) in [5.74, 6) is -0.544. The van der Waals surface area contributed by atoms with Gasteiger partial charge >= 0.3 is 6.03 Å². The van der Waals surface area contributed by atoms with Gasteiger partial charge in [0.15, 0.2) is 0 Å². The number of hydrogen-bond acceptors (Lipinski definition) is 4. The molecule has 2 aliphatic heterocycles. The van der Waals surface area contributed by atoms with E-state index in [1.165, 1.54) is 6.07 Å².